The molecule has 1 atom stereocenters. The second-order valence-electron chi connectivity index (χ2n) is 16.7. The Labute approximate surface area is 370 Å². The molecule has 4 aliphatic heterocycles. The van der Waals surface area contributed by atoms with Gasteiger partial charge in [-0.05, 0) is 152 Å². The van der Waals surface area contributed by atoms with Crippen LogP contribution in [-0.4, -0.2) is 111 Å². The molecule has 3 aromatic carbocycles. The van der Waals surface area contributed by atoms with Crippen molar-refractivity contribution >= 4 is 52.4 Å². The van der Waals surface area contributed by atoms with Crippen molar-refractivity contribution in [3.05, 3.63) is 91.1 Å². The molecule has 0 spiro atoms. The van der Waals surface area contributed by atoms with Crippen LogP contribution in [0.4, 0.5) is 4.39 Å². The Kier molecular flexibility index (Phi) is 17.7. The Morgan fingerprint density at radius 3 is 1.59 bits per heavy atom. The summed E-state index contributed by atoms with van der Waals surface area (Å²) in [4.78, 5) is 19.9. The number of ether oxygens (including phenoxy) is 3. The Hall–Kier alpha value is -2.34. The van der Waals surface area contributed by atoms with Crippen molar-refractivity contribution in [1.82, 2.24) is 20.0 Å². The molecule has 0 saturated carbocycles. The number of benzene rings is 3. The Bertz CT molecular complexity index is 1790. The van der Waals surface area contributed by atoms with Crippen molar-refractivity contribution in [2.24, 2.45) is 11.8 Å². The topological polar surface area (TPSA) is 66.5 Å². The number of hydrogen-bond donors (Lipinski definition) is 1. The summed E-state index contributed by atoms with van der Waals surface area (Å²) in [5.41, 5.74) is 2.77. The van der Waals surface area contributed by atoms with Gasteiger partial charge in [0.1, 0.15) is 35.6 Å². The maximum atomic E-state index is 13.3. The van der Waals surface area contributed by atoms with E-state index < -0.39 is 0 Å². The van der Waals surface area contributed by atoms with Gasteiger partial charge in [0, 0.05) is 50.4 Å². The van der Waals surface area contributed by atoms with Crippen LogP contribution >= 0.6 is 46.4 Å². The Morgan fingerprint density at radius 2 is 1.14 bits per heavy atom. The van der Waals surface area contributed by atoms with Gasteiger partial charge < -0.3 is 29.3 Å². The first-order chi connectivity index (χ1) is 28.5. The van der Waals surface area contributed by atoms with Gasteiger partial charge in [-0.25, -0.2) is 4.39 Å². The van der Waals surface area contributed by atoms with E-state index in [0.29, 0.717) is 32.4 Å². The highest BCUT2D eigenvalue weighted by molar-refractivity contribution is 6.43. The van der Waals surface area contributed by atoms with Crippen molar-refractivity contribution < 1.29 is 23.4 Å². The first-order valence-corrected chi connectivity index (χ1v) is 22.9. The van der Waals surface area contributed by atoms with E-state index in [-0.39, 0.29) is 30.0 Å². The highest BCUT2D eigenvalue weighted by atomic mass is 35.5. The van der Waals surface area contributed by atoms with Crippen LogP contribution in [-0.2, 0) is 16.0 Å². The van der Waals surface area contributed by atoms with E-state index >= 15 is 0 Å². The van der Waals surface area contributed by atoms with Gasteiger partial charge in [-0.3, -0.25) is 9.69 Å². The standard InChI is InChI=1S/C28H35Cl2FN2O3.C18H26Cl2N2O/c1-19-26(8-7-24(29)27(19)30)36-23-11-13-32(14-12-23)18-21-9-15-33(16-10-21)25(28(34)35-2)17-20-3-5-22(31)6-4-20;1-13-17(3-2-16(19)18(13)20)23-15-6-10-22(11-7-15)12-14-4-8-21-9-5-14/h3-8,21,23,25H,9-18H2,1-2H3;2-3,14-15,21H,4-12H2,1H3/t25-;/m0./s1. The van der Waals surface area contributed by atoms with Gasteiger partial charge in [-0.1, -0.05) is 58.5 Å². The molecule has 4 fully saturated rings. The molecule has 0 aliphatic carbocycles. The number of halogens is 5. The molecule has 7 rings (SSSR count). The van der Waals surface area contributed by atoms with Crippen LogP contribution in [0.2, 0.25) is 20.1 Å². The summed E-state index contributed by atoms with van der Waals surface area (Å²) in [7, 11) is 1.43. The molecule has 3 aromatic rings. The summed E-state index contributed by atoms with van der Waals surface area (Å²) < 4.78 is 30.8. The molecule has 0 aromatic heterocycles. The number of carbonyl (C=O) groups excluding carboxylic acids is 1. The van der Waals surface area contributed by atoms with Gasteiger partial charge in [0.15, 0.2) is 0 Å². The number of hydrogen-bond acceptors (Lipinski definition) is 8. The lowest BCUT2D eigenvalue weighted by atomic mass is 9.93. The quantitative estimate of drug-likeness (QED) is 0.181. The minimum absolute atomic E-state index is 0.186. The number of likely N-dealkylation sites (tertiary alicyclic amines) is 3. The monoisotopic (exact) mass is 892 g/mol. The molecule has 324 valence electrons. The summed E-state index contributed by atoms with van der Waals surface area (Å²) >= 11 is 24.6. The second-order valence-corrected chi connectivity index (χ2v) is 18.3. The average Bonchev–Trinajstić information content (AvgIpc) is 3.26. The van der Waals surface area contributed by atoms with E-state index in [4.69, 9.17) is 60.6 Å². The molecule has 4 aliphatic rings. The molecule has 0 bridgehead atoms. The molecule has 8 nitrogen and oxygen atoms in total. The van der Waals surface area contributed by atoms with Crippen LogP contribution in [0.3, 0.4) is 0 Å². The number of esters is 1. The van der Waals surface area contributed by atoms with Crippen molar-refractivity contribution in [1.29, 1.82) is 0 Å². The highest BCUT2D eigenvalue weighted by Gasteiger charge is 2.32. The third-order valence-electron chi connectivity index (χ3n) is 12.6. The van der Waals surface area contributed by atoms with Crippen LogP contribution in [0.25, 0.3) is 0 Å². The number of methoxy groups -OCH3 is 1. The van der Waals surface area contributed by atoms with Crippen LogP contribution < -0.4 is 14.8 Å². The van der Waals surface area contributed by atoms with Crippen LogP contribution in [0.5, 0.6) is 11.5 Å². The predicted octanol–water partition coefficient (Wildman–Crippen LogP) is 9.93. The third-order valence-corrected chi connectivity index (χ3v) is 14.4. The number of rotatable bonds is 12. The van der Waals surface area contributed by atoms with Crippen LogP contribution in [0, 0.1) is 31.5 Å². The predicted molar refractivity (Wildman–Crippen MR) is 238 cm³/mol. The van der Waals surface area contributed by atoms with Crippen molar-refractivity contribution in [3.63, 3.8) is 0 Å². The van der Waals surface area contributed by atoms with E-state index in [1.165, 1.54) is 51.7 Å². The fraction of sp³-hybridized carbons (Fsp3) is 0.587. The molecule has 13 heteroatoms. The molecule has 59 heavy (non-hydrogen) atoms. The molecular formula is C46H61Cl4FN4O4. The van der Waals surface area contributed by atoms with Crippen LogP contribution in [0.15, 0.2) is 48.5 Å². The smallest absolute Gasteiger partial charge is 0.323 e. The Morgan fingerprint density at radius 1 is 0.678 bits per heavy atom. The molecule has 1 N–H and O–H groups in total. The van der Waals surface area contributed by atoms with E-state index in [1.54, 1.807) is 18.2 Å². The fourth-order valence-electron chi connectivity index (χ4n) is 8.89. The maximum Gasteiger partial charge on any atom is 0.323 e. The summed E-state index contributed by atoms with van der Waals surface area (Å²) in [5.74, 6) is 2.67. The first-order valence-electron chi connectivity index (χ1n) is 21.4. The number of carbonyl (C=O) groups is 1. The SMILES string of the molecule is COC(=O)[C@H](Cc1ccc(F)cc1)N1CCC(CN2CCC(Oc3ccc(Cl)c(Cl)c3C)CC2)CC1.Cc1c(OC2CCN(CC3CCNCC3)CC2)ccc(Cl)c1Cl. The molecule has 4 heterocycles. The second kappa shape index (κ2) is 22.7. The zero-order valence-corrected chi connectivity index (χ0v) is 37.8. The zero-order valence-electron chi connectivity index (χ0n) is 34.8. The highest BCUT2D eigenvalue weighted by Crippen LogP contribution is 2.35. The minimum Gasteiger partial charge on any atom is -0.490 e. The molecule has 0 unspecified atom stereocenters. The summed E-state index contributed by atoms with van der Waals surface area (Å²) in [6, 6.07) is 13.5. The van der Waals surface area contributed by atoms with Gasteiger partial charge in [-0.15, -0.1) is 0 Å². The van der Waals surface area contributed by atoms with Gasteiger partial charge >= 0.3 is 5.97 Å². The molecular weight excluding hydrogens is 833 g/mol. The number of nitrogens with one attached hydrogen (secondary N) is 1. The maximum absolute atomic E-state index is 13.3. The largest absolute Gasteiger partial charge is 0.490 e. The lowest BCUT2D eigenvalue weighted by molar-refractivity contribution is -0.147. The van der Waals surface area contributed by atoms with Crippen molar-refractivity contribution in [3.8, 4) is 11.5 Å². The minimum atomic E-state index is -0.334. The lowest BCUT2D eigenvalue weighted by Gasteiger charge is -2.39. The fourth-order valence-corrected chi connectivity index (χ4v) is 9.61. The van der Waals surface area contributed by atoms with Gasteiger partial charge in [0.2, 0.25) is 0 Å². The Balaban J connectivity index is 0.000000219. The summed E-state index contributed by atoms with van der Waals surface area (Å²) in [6.07, 6.45) is 9.89. The lowest BCUT2D eigenvalue weighted by Crippen LogP contribution is -2.49. The number of piperidine rings is 4. The van der Waals surface area contributed by atoms with E-state index in [0.717, 1.165) is 118 Å². The third kappa shape index (κ3) is 13.3. The first kappa shape index (κ1) is 46.2. The van der Waals surface area contributed by atoms with Crippen molar-refractivity contribution in [2.45, 2.75) is 89.9 Å². The van der Waals surface area contributed by atoms with Crippen LogP contribution in [0.1, 0.15) is 68.1 Å². The average molecular weight is 895 g/mol. The van der Waals surface area contributed by atoms with E-state index in [2.05, 4.69) is 20.0 Å². The molecule has 4 saturated heterocycles. The zero-order chi connectivity index (χ0) is 41.9. The van der Waals surface area contributed by atoms with Gasteiger partial charge in [0.25, 0.3) is 0 Å². The van der Waals surface area contributed by atoms with E-state index in [1.807, 2.05) is 32.0 Å². The van der Waals surface area contributed by atoms with Crippen molar-refractivity contribution in [2.75, 3.05) is 72.6 Å². The van der Waals surface area contributed by atoms with Gasteiger partial charge in [-0.2, -0.15) is 0 Å². The molecule has 0 radical (unpaired) electrons. The summed E-state index contributed by atoms with van der Waals surface area (Å²) in [5, 5.41) is 5.75. The van der Waals surface area contributed by atoms with Gasteiger partial charge in [0.05, 0.1) is 27.2 Å². The van der Waals surface area contributed by atoms with E-state index in [9.17, 15) is 9.18 Å². The normalized spacial score (nSPS) is 20.1. The molecule has 0 amide bonds. The summed E-state index contributed by atoms with van der Waals surface area (Å²) in [6.45, 7) is 14.6. The number of nitrogens with zero attached hydrogens (tertiary/aromatic N) is 3.